The fraction of sp³-hybridized carbons (Fsp3) is 0.0769. The highest BCUT2D eigenvalue weighted by molar-refractivity contribution is 9.10. The molecule has 2 rings (SSSR count). The van der Waals surface area contributed by atoms with Crippen LogP contribution in [0, 0.1) is 5.82 Å². The topological polar surface area (TPSA) is 54.6 Å². The van der Waals surface area contributed by atoms with Crippen LogP contribution in [-0.4, -0.2) is 11.6 Å². The van der Waals surface area contributed by atoms with Crippen molar-refractivity contribution in [3.8, 4) is 0 Å². The normalized spacial score (nSPS) is 11.4. The lowest BCUT2D eigenvalue weighted by Crippen LogP contribution is -2.18. The molecule has 4 nitrogen and oxygen atoms in total. The second kappa shape index (κ2) is 5.79. The highest BCUT2D eigenvalue weighted by Crippen LogP contribution is 2.13. The van der Waals surface area contributed by atoms with E-state index in [0.717, 1.165) is 5.56 Å². The summed E-state index contributed by atoms with van der Waals surface area (Å²) in [6, 6.07) is 8.99. The maximum absolute atomic E-state index is 12.8. The maximum atomic E-state index is 12.8. The SMILES string of the molecule is C/C(=N/NC(=O)c1ccc(Br)o1)c1ccc(F)cc1. The molecule has 0 bridgehead atoms. The van der Waals surface area contributed by atoms with Crippen LogP contribution in [0.15, 0.2) is 50.6 Å². The summed E-state index contributed by atoms with van der Waals surface area (Å²) >= 11 is 3.11. The molecule has 1 heterocycles. The highest BCUT2D eigenvalue weighted by Gasteiger charge is 2.09. The molecule has 0 radical (unpaired) electrons. The van der Waals surface area contributed by atoms with Gasteiger partial charge in [0.25, 0.3) is 0 Å². The number of carbonyl (C=O) groups is 1. The predicted octanol–water partition coefficient (Wildman–Crippen LogP) is 3.34. The Bertz CT molecular complexity index is 620. The lowest BCUT2D eigenvalue weighted by Gasteiger charge is -2.01. The molecular formula is C13H10BrFN2O2. The number of benzene rings is 1. The van der Waals surface area contributed by atoms with Crippen LogP contribution in [0.4, 0.5) is 4.39 Å². The van der Waals surface area contributed by atoms with Gasteiger partial charge in [-0.05, 0) is 52.7 Å². The molecule has 0 aliphatic rings. The molecule has 0 aliphatic heterocycles. The standard InChI is InChI=1S/C13H10BrFN2O2/c1-8(9-2-4-10(15)5-3-9)16-17-13(18)11-6-7-12(14)19-11/h2-7H,1H3,(H,17,18)/b16-8-. The average Bonchev–Trinajstić information content (AvgIpc) is 2.83. The van der Waals surface area contributed by atoms with Crippen molar-refractivity contribution in [3.63, 3.8) is 0 Å². The largest absolute Gasteiger partial charge is 0.444 e. The van der Waals surface area contributed by atoms with Crippen LogP contribution in [-0.2, 0) is 0 Å². The third kappa shape index (κ3) is 3.51. The van der Waals surface area contributed by atoms with Gasteiger partial charge in [0.05, 0.1) is 5.71 Å². The zero-order valence-electron chi connectivity index (χ0n) is 9.98. The van der Waals surface area contributed by atoms with Crippen molar-refractivity contribution in [2.75, 3.05) is 0 Å². The van der Waals surface area contributed by atoms with Gasteiger partial charge in [-0.1, -0.05) is 12.1 Å². The minimum absolute atomic E-state index is 0.155. The lowest BCUT2D eigenvalue weighted by atomic mass is 10.1. The molecule has 0 spiro atoms. The molecule has 0 saturated heterocycles. The van der Waals surface area contributed by atoms with E-state index in [1.807, 2.05) is 0 Å². The molecule has 0 saturated carbocycles. The van der Waals surface area contributed by atoms with Crippen LogP contribution in [0.2, 0.25) is 0 Å². The number of hydrogen-bond acceptors (Lipinski definition) is 3. The quantitative estimate of drug-likeness (QED) is 0.695. The number of halogens is 2. The van der Waals surface area contributed by atoms with Gasteiger partial charge < -0.3 is 4.42 Å². The summed E-state index contributed by atoms with van der Waals surface area (Å²) in [4.78, 5) is 11.7. The lowest BCUT2D eigenvalue weighted by molar-refractivity contribution is 0.0926. The monoisotopic (exact) mass is 324 g/mol. The van der Waals surface area contributed by atoms with Crippen LogP contribution in [0.25, 0.3) is 0 Å². The smallest absolute Gasteiger partial charge is 0.307 e. The number of nitrogens with one attached hydrogen (secondary N) is 1. The molecule has 1 amide bonds. The molecule has 6 heteroatoms. The van der Waals surface area contributed by atoms with E-state index in [1.54, 1.807) is 25.1 Å². The first kappa shape index (κ1) is 13.5. The molecule has 0 atom stereocenters. The first-order chi connectivity index (χ1) is 9.06. The molecule has 0 unspecified atom stereocenters. The van der Waals surface area contributed by atoms with Crippen LogP contribution in [0.5, 0.6) is 0 Å². The molecule has 0 aliphatic carbocycles. The van der Waals surface area contributed by atoms with Crippen LogP contribution >= 0.6 is 15.9 Å². The fourth-order valence-electron chi connectivity index (χ4n) is 1.38. The maximum Gasteiger partial charge on any atom is 0.307 e. The third-order valence-corrected chi connectivity index (χ3v) is 2.81. The second-order valence-corrected chi connectivity index (χ2v) is 4.53. The zero-order chi connectivity index (χ0) is 13.8. The molecule has 1 aromatic heterocycles. The Hall–Kier alpha value is -1.95. The van der Waals surface area contributed by atoms with E-state index >= 15 is 0 Å². The fourth-order valence-corrected chi connectivity index (χ4v) is 1.69. The van der Waals surface area contributed by atoms with E-state index in [0.29, 0.717) is 10.4 Å². The van der Waals surface area contributed by atoms with E-state index in [-0.39, 0.29) is 11.6 Å². The summed E-state index contributed by atoms with van der Waals surface area (Å²) in [5.41, 5.74) is 3.66. The van der Waals surface area contributed by atoms with Crippen molar-refractivity contribution >= 4 is 27.5 Å². The average molecular weight is 325 g/mol. The van der Waals surface area contributed by atoms with Crippen molar-refractivity contribution in [2.45, 2.75) is 6.92 Å². The van der Waals surface area contributed by atoms with E-state index in [9.17, 15) is 9.18 Å². The zero-order valence-corrected chi connectivity index (χ0v) is 11.6. The van der Waals surface area contributed by atoms with Gasteiger partial charge in [0, 0.05) is 0 Å². The van der Waals surface area contributed by atoms with Crippen molar-refractivity contribution in [2.24, 2.45) is 5.10 Å². The molecule has 98 valence electrons. The van der Waals surface area contributed by atoms with Crippen LogP contribution < -0.4 is 5.43 Å². The van der Waals surface area contributed by atoms with Gasteiger partial charge >= 0.3 is 5.91 Å². The van der Waals surface area contributed by atoms with E-state index in [1.165, 1.54) is 18.2 Å². The highest BCUT2D eigenvalue weighted by atomic mass is 79.9. The Labute approximate surface area is 117 Å². The van der Waals surface area contributed by atoms with Crippen molar-refractivity contribution in [1.29, 1.82) is 0 Å². The number of hydrazone groups is 1. The van der Waals surface area contributed by atoms with Gasteiger partial charge in [0.1, 0.15) is 5.82 Å². The molecule has 2 aromatic rings. The Morgan fingerprint density at radius 1 is 1.26 bits per heavy atom. The van der Waals surface area contributed by atoms with E-state index in [2.05, 4.69) is 26.5 Å². The number of carbonyl (C=O) groups excluding carboxylic acids is 1. The Kier molecular flexibility index (Phi) is 4.11. The van der Waals surface area contributed by atoms with Crippen LogP contribution in [0.1, 0.15) is 23.0 Å². The van der Waals surface area contributed by atoms with Crippen molar-refractivity contribution < 1.29 is 13.6 Å². The number of amides is 1. The summed E-state index contributed by atoms with van der Waals surface area (Å²) in [7, 11) is 0. The first-order valence-corrected chi connectivity index (χ1v) is 6.21. The van der Waals surface area contributed by atoms with Gasteiger partial charge in [0.2, 0.25) is 0 Å². The number of nitrogens with zero attached hydrogens (tertiary/aromatic N) is 1. The predicted molar refractivity (Wildman–Crippen MR) is 72.5 cm³/mol. The summed E-state index contributed by atoms with van der Waals surface area (Å²) in [6.45, 7) is 1.71. The summed E-state index contributed by atoms with van der Waals surface area (Å²) in [5.74, 6) is -0.615. The van der Waals surface area contributed by atoms with Gasteiger partial charge in [-0.25, -0.2) is 9.82 Å². The van der Waals surface area contributed by atoms with E-state index < -0.39 is 5.91 Å². The van der Waals surface area contributed by atoms with Gasteiger partial charge in [-0.3, -0.25) is 4.79 Å². The minimum atomic E-state index is -0.452. The van der Waals surface area contributed by atoms with Crippen molar-refractivity contribution in [1.82, 2.24) is 5.43 Å². The van der Waals surface area contributed by atoms with Gasteiger partial charge in [-0.15, -0.1) is 0 Å². The number of hydrogen-bond donors (Lipinski definition) is 1. The van der Waals surface area contributed by atoms with Gasteiger partial charge in [-0.2, -0.15) is 5.10 Å². The van der Waals surface area contributed by atoms with Crippen molar-refractivity contribution in [3.05, 3.63) is 58.2 Å². The first-order valence-electron chi connectivity index (χ1n) is 5.42. The molecular weight excluding hydrogens is 315 g/mol. The second-order valence-electron chi connectivity index (χ2n) is 3.75. The summed E-state index contributed by atoms with van der Waals surface area (Å²) in [6.07, 6.45) is 0. The molecule has 1 aromatic carbocycles. The Morgan fingerprint density at radius 3 is 2.53 bits per heavy atom. The number of rotatable bonds is 3. The molecule has 19 heavy (non-hydrogen) atoms. The number of furan rings is 1. The summed E-state index contributed by atoms with van der Waals surface area (Å²) in [5, 5.41) is 3.93. The third-order valence-electron chi connectivity index (χ3n) is 2.38. The molecule has 0 fully saturated rings. The van der Waals surface area contributed by atoms with Crippen LogP contribution in [0.3, 0.4) is 0 Å². The Morgan fingerprint density at radius 2 is 1.95 bits per heavy atom. The summed E-state index contributed by atoms with van der Waals surface area (Å²) < 4.78 is 18.3. The minimum Gasteiger partial charge on any atom is -0.444 e. The van der Waals surface area contributed by atoms with E-state index in [4.69, 9.17) is 4.42 Å². The molecule has 1 N–H and O–H groups in total. The Balaban J connectivity index is 2.06. The van der Waals surface area contributed by atoms with Gasteiger partial charge in [0.15, 0.2) is 10.4 Å².